The zero-order valence-electron chi connectivity index (χ0n) is 14.4. The SMILES string of the molecule is CCCCCN(CCCCC)C(C)C(O)c1ccc(Br)cc1. The minimum absolute atomic E-state index is 0.162. The van der Waals surface area contributed by atoms with Gasteiger partial charge in [0.15, 0.2) is 0 Å². The maximum absolute atomic E-state index is 10.7. The zero-order valence-corrected chi connectivity index (χ0v) is 16.0. The third-order valence-corrected chi connectivity index (χ3v) is 4.87. The van der Waals surface area contributed by atoms with Crippen LogP contribution in [0.2, 0.25) is 0 Å². The monoisotopic (exact) mass is 369 g/mol. The molecule has 0 aliphatic rings. The zero-order chi connectivity index (χ0) is 16.4. The summed E-state index contributed by atoms with van der Waals surface area (Å²) in [5, 5.41) is 10.7. The molecule has 0 aliphatic heterocycles. The molecule has 22 heavy (non-hydrogen) atoms. The van der Waals surface area contributed by atoms with Gasteiger partial charge in [0.05, 0.1) is 6.10 Å². The first-order valence-corrected chi connectivity index (χ1v) is 9.57. The highest BCUT2D eigenvalue weighted by Crippen LogP contribution is 2.23. The first-order chi connectivity index (χ1) is 10.6. The lowest BCUT2D eigenvalue weighted by Crippen LogP contribution is -2.39. The van der Waals surface area contributed by atoms with E-state index in [2.05, 4.69) is 41.6 Å². The summed E-state index contributed by atoms with van der Waals surface area (Å²) in [6.07, 6.45) is 7.05. The van der Waals surface area contributed by atoms with Crippen LogP contribution in [0.15, 0.2) is 28.7 Å². The van der Waals surface area contributed by atoms with Crippen molar-refractivity contribution in [2.24, 2.45) is 0 Å². The molecule has 1 N–H and O–H groups in total. The predicted molar refractivity (Wildman–Crippen MR) is 99.2 cm³/mol. The van der Waals surface area contributed by atoms with E-state index < -0.39 is 6.10 Å². The third kappa shape index (κ3) is 6.80. The van der Waals surface area contributed by atoms with E-state index in [-0.39, 0.29) is 6.04 Å². The summed E-state index contributed by atoms with van der Waals surface area (Å²) in [5.41, 5.74) is 1.01. The van der Waals surface area contributed by atoms with E-state index in [4.69, 9.17) is 0 Å². The van der Waals surface area contributed by atoms with Crippen molar-refractivity contribution in [1.82, 2.24) is 4.90 Å². The minimum Gasteiger partial charge on any atom is -0.387 e. The van der Waals surface area contributed by atoms with Crippen molar-refractivity contribution in [2.75, 3.05) is 13.1 Å². The summed E-state index contributed by atoms with van der Waals surface area (Å²) in [5.74, 6) is 0. The molecule has 0 fully saturated rings. The van der Waals surface area contributed by atoms with Crippen LogP contribution in [0.1, 0.15) is 71.0 Å². The molecule has 1 aromatic carbocycles. The average molecular weight is 370 g/mol. The molecular weight excluding hydrogens is 338 g/mol. The van der Waals surface area contributed by atoms with E-state index >= 15 is 0 Å². The van der Waals surface area contributed by atoms with Gasteiger partial charge in [0.2, 0.25) is 0 Å². The van der Waals surface area contributed by atoms with Gasteiger partial charge in [-0.3, -0.25) is 4.90 Å². The molecule has 2 atom stereocenters. The highest BCUT2D eigenvalue weighted by atomic mass is 79.9. The first-order valence-electron chi connectivity index (χ1n) is 8.77. The van der Waals surface area contributed by atoms with E-state index in [9.17, 15) is 5.11 Å². The van der Waals surface area contributed by atoms with Crippen LogP contribution >= 0.6 is 15.9 Å². The van der Waals surface area contributed by atoms with Crippen LogP contribution in [-0.4, -0.2) is 29.1 Å². The quantitative estimate of drug-likeness (QED) is 0.516. The smallest absolute Gasteiger partial charge is 0.0942 e. The summed E-state index contributed by atoms with van der Waals surface area (Å²) >= 11 is 3.45. The lowest BCUT2D eigenvalue weighted by Gasteiger charge is -2.32. The van der Waals surface area contributed by atoms with E-state index in [1.165, 1.54) is 38.5 Å². The van der Waals surface area contributed by atoms with Crippen LogP contribution in [-0.2, 0) is 0 Å². The lowest BCUT2D eigenvalue weighted by atomic mass is 10.0. The summed E-state index contributed by atoms with van der Waals surface area (Å²) in [4.78, 5) is 2.47. The molecule has 2 unspecified atom stereocenters. The molecule has 3 heteroatoms. The van der Waals surface area contributed by atoms with Crippen LogP contribution in [0.5, 0.6) is 0 Å². The van der Waals surface area contributed by atoms with Gasteiger partial charge in [-0.2, -0.15) is 0 Å². The molecule has 0 radical (unpaired) electrons. The summed E-state index contributed by atoms with van der Waals surface area (Å²) < 4.78 is 1.05. The van der Waals surface area contributed by atoms with Crippen molar-refractivity contribution < 1.29 is 5.11 Å². The minimum atomic E-state index is -0.420. The largest absolute Gasteiger partial charge is 0.387 e. The Kier molecular flexibility index (Phi) is 10.0. The van der Waals surface area contributed by atoms with E-state index in [0.717, 1.165) is 23.1 Å². The van der Waals surface area contributed by atoms with Gasteiger partial charge in [-0.15, -0.1) is 0 Å². The lowest BCUT2D eigenvalue weighted by molar-refractivity contribution is 0.0555. The number of hydrogen-bond acceptors (Lipinski definition) is 2. The molecule has 0 bridgehead atoms. The van der Waals surface area contributed by atoms with Gasteiger partial charge < -0.3 is 5.11 Å². The van der Waals surface area contributed by atoms with Gasteiger partial charge in [-0.05, 0) is 50.6 Å². The topological polar surface area (TPSA) is 23.5 Å². The van der Waals surface area contributed by atoms with Crippen molar-refractivity contribution >= 4 is 15.9 Å². The fraction of sp³-hybridized carbons (Fsp3) is 0.684. The molecule has 0 amide bonds. The number of halogens is 1. The van der Waals surface area contributed by atoms with Crippen molar-refractivity contribution in [3.63, 3.8) is 0 Å². The van der Waals surface area contributed by atoms with Crippen molar-refractivity contribution in [3.8, 4) is 0 Å². The van der Waals surface area contributed by atoms with Gasteiger partial charge >= 0.3 is 0 Å². The average Bonchev–Trinajstić information content (AvgIpc) is 2.53. The highest BCUT2D eigenvalue weighted by Gasteiger charge is 2.22. The van der Waals surface area contributed by atoms with Gasteiger partial charge in [0.1, 0.15) is 0 Å². The molecule has 0 aliphatic carbocycles. The molecule has 0 saturated carbocycles. The van der Waals surface area contributed by atoms with Crippen LogP contribution in [0.25, 0.3) is 0 Å². The number of benzene rings is 1. The van der Waals surface area contributed by atoms with E-state index in [0.29, 0.717) is 0 Å². The Hall–Kier alpha value is -0.380. The third-order valence-electron chi connectivity index (χ3n) is 4.34. The van der Waals surface area contributed by atoms with Crippen molar-refractivity contribution in [1.29, 1.82) is 0 Å². The Morgan fingerprint density at radius 3 is 1.91 bits per heavy atom. The molecular formula is C19H32BrNO. The predicted octanol–water partition coefficient (Wildman–Crippen LogP) is 5.55. The highest BCUT2D eigenvalue weighted by molar-refractivity contribution is 9.10. The standard InChI is InChI=1S/C19H32BrNO/c1-4-6-8-14-21(15-9-7-5-2)16(3)19(22)17-10-12-18(20)13-11-17/h10-13,16,19,22H,4-9,14-15H2,1-3H3. The van der Waals surface area contributed by atoms with Crippen LogP contribution < -0.4 is 0 Å². The second kappa shape index (κ2) is 11.2. The number of aliphatic hydroxyl groups is 1. The van der Waals surface area contributed by atoms with Crippen molar-refractivity contribution in [3.05, 3.63) is 34.3 Å². The first kappa shape index (κ1) is 19.7. The number of aliphatic hydroxyl groups excluding tert-OH is 1. The van der Waals surface area contributed by atoms with Gasteiger partial charge in [-0.25, -0.2) is 0 Å². The van der Waals surface area contributed by atoms with E-state index in [1.807, 2.05) is 24.3 Å². The van der Waals surface area contributed by atoms with Crippen LogP contribution in [0.3, 0.4) is 0 Å². The maximum atomic E-state index is 10.7. The summed E-state index contributed by atoms with van der Waals surface area (Å²) in [7, 11) is 0. The van der Waals surface area contributed by atoms with Gasteiger partial charge in [-0.1, -0.05) is 67.6 Å². The van der Waals surface area contributed by atoms with Gasteiger partial charge in [0, 0.05) is 10.5 Å². The number of nitrogens with zero attached hydrogens (tertiary/aromatic N) is 1. The van der Waals surface area contributed by atoms with Crippen LogP contribution in [0, 0.1) is 0 Å². The molecule has 0 aromatic heterocycles. The summed E-state index contributed by atoms with van der Waals surface area (Å²) in [6, 6.07) is 8.20. The molecule has 2 nitrogen and oxygen atoms in total. The number of hydrogen-bond donors (Lipinski definition) is 1. The second-order valence-corrected chi connectivity index (χ2v) is 7.10. The van der Waals surface area contributed by atoms with Gasteiger partial charge in [0.25, 0.3) is 0 Å². The summed E-state index contributed by atoms with van der Waals surface area (Å²) in [6.45, 7) is 8.81. The molecule has 0 spiro atoms. The number of rotatable bonds is 11. The molecule has 1 aromatic rings. The molecule has 1 rings (SSSR count). The molecule has 126 valence electrons. The number of unbranched alkanes of at least 4 members (excludes halogenated alkanes) is 4. The Bertz CT molecular complexity index is 383. The molecule has 0 saturated heterocycles. The fourth-order valence-electron chi connectivity index (χ4n) is 2.79. The fourth-order valence-corrected chi connectivity index (χ4v) is 3.05. The maximum Gasteiger partial charge on any atom is 0.0942 e. The Labute approximate surface area is 145 Å². The Balaban J connectivity index is 2.66. The normalized spacial score (nSPS) is 14.3. The second-order valence-electron chi connectivity index (χ2n) is 6.19. The molecule has 0 heterocycles. The van der Waals surface area contributed by atoms with E-state index in [1.54, 1.807) is 0 Å². The Morgan fingerprint density at radius 1 is 0.955 bits per heavy atom. The van der Waals surface area contributed by atoms with Crippen molar-refractivity contribution in [2.45, 2.75) is 71.4 Å². The van der Waals surface area contributed by atoms with Crippen LogP contribution in [0.4, 0.5) is 0 Å². The Morgan fingerprint density at radius 2 is 1.45 bits per heavy atom.